The van der Waals surface area contributed by atoms with Crippen LogP contribution in [0.1, 0.15) is 39.5 Å². The summed E-state index contributed by atoms with van der Waals surface area (Å²) in [6, 6.07) is -1.13. The van der Waals surface area contributed by atoms with Crippen LogP contribution in [0.25, 0.3) is 0 Å². The molecule has 114 valence electrons. The van der Waals surface area contributed by atoms with Gasteiger partial charge in [0.25, 0.3) is 0 Å². The average molecular weight is 297 g/mol. The molecule has 0 rings (SSSR count). The molecule has 4 N–H and O–H groups in total. The quantitative estimate of drug-likeness (QED) is 0.480. The summed E-state index contributed by atoms with van der Waals surface area (Å²) in [5.74, 6) is -0.748. The predicted octanol–water partition coefficient (Wildman–Crippen LogP) is 0.749. The normalized spacial score (nSPS) is 13.1. The molecule has 2 atom stereocenters. The van der Waals surface area contributed by atoms with E-state index in [1.807, 2.05) is 0 Å². The van der Waals surface area contributed by atoms with Gasteiger partial charge in [0.05, 0.1) is 13.2 Å². The van der Waals surface area contributed by atoms with Crippen molar-refractivity contribution in [3.05, 3.63) is 0 Å². The smallest absolute Gasteiger partial charge is 0.322 e. The summed E-state index contributed by atoms with van der Waals surface area (Å²) >= 11 is 0. The van der Waals surface area contributed by atoms with Gasteiger partial charge in [-0.2, -0.15) is 0 Å². The second-order valence-corrected chi connectivity index (χ2v) is 4.33. The Hall–Kier alpha value is -0.850. The third-order valence-electron chi connectivity index (χ3n) is 2.27. The van der Waals surface area contributed by atoms with E-state index in [-0.39, 0.29) is 24.3 Å². The molecule has 0 aliphatic rings. The van der Waals surface area contributed by atoms with Gasteiger partial charge in [0.2, 0.25) is 0 Å². The van der Waals surface area contributed by atoms with E-state index < -0.39 is 12.1 Å². The maximum atomic E-state index is 11.0. The molecular formula is C12H25ClN2O4. The van der Waals surface area contributed by atoms with Crippen LogP contribution in [0, 0.1) is 0 Å². The first kappa shape index (κ1) is 20.5. The molecule has 6 nitrogen and oxygen atoms in total. The summed E-state index contributed by atoms with van der Waals surface area (Å²) in [5, 5.41) is 0. The van der Waals surface area contributed by atoms with Crippen LogP contribution in [0.15, 0.2) is 0 Å². The minimum Gasteiger partial charge on any atom is -0.465 e. The standard InChI is InChI=1S/C12H24N2O4.ClH/c1-9(13)11(15)17-7-5-3-4-6-8-18-12(16)10(2)14;/h9-10H,3-8,13-14H2,1-2H3;1H/t9-,10-;/m0./s1. The van der Waals surface area contributed by atoms with Gasteiger partial charge in [-0.25, -0.2) is 0 Å². The van der Waals surface area contributed by atoms with Gasteiger partial charge in [0.15, 0.2) is 0 Å². The van der Waals surface area contributed by atoms with Crippen LogP contribution < -0.4 is 11.5 Å². The summed E-state index contributed by atoms with van der Waals surface area (Å²) in [7, 11) is 0. The van der Waals surface area contributed by atoms with Gasteiger partial charge in [0.1, 0.15) is 12.1 Å². The first-order chi connectivity index (χ1) is 8.45. The van der Waals surface area contributed by atoms with Crippen molar-refractivity contribution in [3.8, 4) is 0 Å². The minimum absolute atomic E-state index is 0. The predicted molar refractivity (Wildman–Crippen MR) is 74.9 cm³/mol. The highest BCUT2D eigenvalue weighted by Crippen LogP contribution is 2.01. The van der Waals surface area contributed by atoms with Gasteiger partial charge in [-0.3, -0.25) is 9.59 Å². The van der Waals surface area contributed by atoms with Gasteiger partial charge in [-0.1, -0.05) is 0 Å². The van der Waals surface area contributed by atoms with Crippen LogP contribution in [0.3, 0.4) is 0 Å². The van der Waals surface area contributed by atoms with Crippen molar-refractivity contribution >= 4 is 24.3 Å². The molecule has 0 aromatic heterocycles. The number of rotatable bonds is 9. The molecule has 19 heavy (non-hydrogen) atoms. The largest absolute Gasteiger partial charge is 0.465 e. The van der Waals surface area contributed by atoms with Gasteiger partial charge in [0, 0.05) is 0 Å². The molecule has 0 aromatic rings. The number of nitrogens with two attached hydrogens (primary N) is 2. The SMILES string of the molecule is C[C@H](N)C(=O)OCCCCCCOC(=O)[C@H](C)N.Cl. The molecule has 0 saturated heterocycles. The van der Waals surface area contributed by atoms with Crippen molar-refractivity contribution in [2.75, 3.05) is 13.2 Å². The molecule has 0 fully saturated rings. The van der Waals surface area contributed by atoms with Crippen LogP contribution in [0.5, 0.6) is 0 Å². The Morgan fingerprint density at radius 1 is 0.842 bits per heavy atom. The lowest BCUT2D eigenvalue weighted by Gasteiger charge is -2.08. The summed E-state index contributed by atoms with van der Waals surface area (Å²) < 4.78 is 9.83. The first-order valence-electron chi connectivity index (χ1n) is 6.29. The average Bonchev–Trinajstić information content (AvgIpc) is 2.31. The van der Waals surface area contributed by atoms with E-state index in [0.717, 1.165) is 25.7 Å². The van der Waals surface area contributed by atoms with Gasteiger partial charge in [-0.15, -0.1) is 12.4 Å². The van der Waals surface area contributed by atoms with Crippen LogP contribution >= 0.6 is 12.4 Å². The Balaban J connectivity index is 0. The maximum absolute atomic E-state index is 11.0. The van der Waals surface area contributed by atoms with E-state index in [9.17, 15) is 9.59 Å². The Morgan fingerprint density at radius 3 is 1.42 bits per heavy atom. The molecule has 7 heteroatoms. The number of esters is 2. The van der Waals surface area contributed by atoms with E-state index >= 15 is 0 Å². The fourth-order valence-electron chi connectivity index (χ4n) is 1.17. The monoisotopic (exact) mass is 296 g/mol. The zero-order chi connectivity index (χ0) is 14.0. The molecular weight excluding hydrogens is 272 g/mol. The molecule has 0 aliphatic carbocycles. The van der Waals surface area contributed by atoms with E-state index in [1.54, 1.807) is 13.8 Å². The summed E-state index contributed by atoms with van der Waals surface area (Å²) in [4.78, 5) is 22.0. The van der Waals surface area contributed by atoms with Gasteiger partial charge >= 0.3 is 11.9 Å². The van der Waals surface area contributed by atoms with Gasteiger partial charge < -0.3 is 20.9 Å². The second kappa shape index (κ2) is 12.2. The fourth-order valence-corrected chi connectivity index (χ4v) is 1.17. The third-order valence-corrected chi connectivity index (χ3v) is 2.27. The minimum atomic E-state index is -0.567. The van der Waals surface area contributed by atoms with E-state index in [2.05, 4.69) is 0 Å². The van der Waals surface area contributed by atoms with Crippen molar-refractivity contribution in [2.45, 2.75) is 51.6 Å². The molecule has 0 heterocycles. The van der Waals surface area contributed by atoms with E-state index in [4.69, 9.17) is 20.9 Å². The fraction of sp³-hybridized carbons (Fsp3) is 0.833. The van der Waals surface area contributed by atoms with Crippen molar-refractivity contribution in [3.63, 3.8) is 0 Å². The zero-order valence-corrected chi connectivity index (χ0v) is 12.4. The molecule has 0 unspecified atom stereocenters. The zero-order valence-electron chi connectivity index (χ0n) is 11.6. The lowest BCUT2D eigenvalue weighted by atomic mass is 10.2. The van der Waals surface area contributed by atoms with E-state index in [1.165, 1.54) is 0 Å². The van der Waals surface area contributed by atoms with Crippen LogP contribution in [-0.2, 0) is 19.1 Å². The number of hydrogen-bond donors (Lipinski definition) is 2. The van der Waals surface area contributed by atoms with Crippen LogP contribution in [0.2, 0.25) is 0 Å². The van der Waals surface area contributed by atoms with Crippen LogP contribution in [0.4, 0.5) is 0 Å². The number of unbranched alkanes of at least 4 members (excludes halogenated alkanes) is 3. The molecule has 0 spiro atoms. The van der Waals surface area contributed by atoms with Crippen molar-refractivity contribution in [2.24, 2.45) is 11.5 Å². The highest BCUT2D eigenvalue weighted by Gasteiger charge is 2.08. The highest BCUT2D eigenvalue weighted by atomic mass is 35.5. The second-order valence-electron chi connectivity index (χ2n) is 4.33. The molecule has 0 bridgehead atoms. The summed E-state index contributed by atoms with van der Waals surface area (Å²) in [6.45, 7) is 3.96. The summed E-state index contributed by atoms with van der Waals surface area (Å²) in [5.41, 5.74) is 10.7. The lowest BCUT2D eigenvalue weighted by Crippen LogP contribution is -2.29. The Labute approximate surface area is 120 Å². The molecule has 0 saturated carbocycles. The maximum Gasteiger partial charge on any atom is 0.322 e. The Bertz CT molecular complexity index is 234. The van der Waals surface area contributed by atoms with Gasteiger partial charge in [-0.05, 0) is 39.5 Å². The number of carbonyl (C=O) groups is 2. The summed E-state index contributed by atoms with van der Waals surface area (Å²) in [6.07, 6.45) is 3.42. The lowest BCUT2D eigenvalue weighted by molar-refractivity contribution is -0.146. The Kier molecular flexibility index (Phi) is 13.1. The third kappa shape index (κ3) is 11.9. The molecule has 0 aliphatic heterocycles. The number of ether oxygens (including phenoxy) is 2. The van der Waals surface area contributed by atoms with Crippen LogP contribution in [-0.4, -0.2) is 37.2 Å². The molecule has 0 amide bonds. The van der Waals surface area contributed by atoms with E-state index in [0.29, 0.717) is 13.2 Å². The number of hydrogen-bond acceptors (Lipinski definition) is 6. The number of carbonyl (C=O) groups excluding carboxylic acids is 2. The number of halogens is 1. The molecule has 0 aromatic carbocycles. The highest BCUT2D eigenvalue weighted by molar-refractivity contribution is 5.85. The Morgan fingerprint density at radius 2 is 1.16 bits per heavy atom. The van der Waals surface area contributed by atoms with Crippen molar-refractivity contribution < 1.29 is 19.1 Å². The molecule has 0 radical (unpaired) electrons. The van der Waals surface area contributed by atoms with Crippen molar-refractivity contribution in [1.29, 1.82) is 0 Å². The topological polar surface area (TPSA) is 105 Å². The first-order valence-corrected chi connectivity index (χ1v) is 6.29. The van der Waals surface area contributed by atoms with Crippen molar-refractivity contribution in [1.82, 2.24) is 0 Å².